The molecule has 5 nitrogen and oxygen atoms in total. The van der Waals surface area contributed by atoms with Crippen molar-refractivity contribution < 1.29 is 4.79 Å². The molecule has 2 aromatic rings. The molecule has 24 heavy (non-hydrogen) atoms. The van der Waals surface area contributed by atoms with E-state index in [-0.39, 0.29) is 6.03 Å². The first-order valence-electron chi connectivity index (χ1n) is 8.54. The van der Waals surface area contributed by atoms with Crippen molar-refractivity contribution in [2.45, 2.75) is 19.3 Å². The third-order valence-electron chi connectivity index (χ3n) is 4.23. The van der Waals surface area contributed by atoms with Gasteiger partial charge in [-0.25, -0.2) is 9.78 Å². The summed E-state index contributed by atoms with van der Waals surface area (Å²) in [6, 6.07) is 10.5. The van der Waals surface area contributed by atoms with Gasteiger partial charge in [-0.3, -0.25) is 0 Å². The normalized spacial score (nSPS) is 15.2. The molecule has 0 spiro atoms. The third kappa shape index (κ3) is 4.71. The fourth-order valence-corrected chi connectivity index (χ4v) is 3.63. The van der Waals surface area contributed by atoms with E-state index < -0.39 is 0 Å². The molecule has 2 heterocycles. The maximum Gasteiger partial charge on any atom is 0.317 e. The van der Waals surface area contributed by atoms with E-state index in [0.717, 1.165) is 57.1 Å². The van der Waals surface area contributed by atoms with E-state index in [1.54, 1.807) is 11.3 Å². The first kappa shape index (κ1) is 16.8. The molecule has 1 fully saturated rings. The molecule has 0 saturated carbocycles. The Morgan fingerprint density at radius 1 is 1.17 bits per heavy atom. The molecular formula is C18H24N4OS. The Morgan fingerprint density at radius 2 is 2.04 bits per heavy atom. The molecule has 3 rings (SSSR count). The van der Waals surface area contributed by atoms with Crippen molar-refractivity contribution in [1.29, 1.82) is 0 Å². The lowest BCUT2D eigenvalue weighted by molar-refractivity contribution is 0.201. The highest BCUT2D eigenvalue weighted by molar-refractivity contribution is 7.13. The summed E-state index contributed by atoms with van der Waals surface area (Å²) in [5, 5.41) is 6.11. The molecule has 0 radical (unpaired) electrons. The van der Waals surface area contributed by atoms with E-state index in [0.29, 0.717) is 0 Å². The van der Waals surface area contributed by atoms with Crippen molar-refractivity contribution in [3.05, 3.63) is 47.5 Å². The lowest BCUT2D eigenvalue weighted by Crippen LogP contribution is -2.42. The molecule has 0 bridgehead atoms. The number of anilines is 1. The maximum absolute atomic E-state index is 12.3. The lowest BCUT2D eigenvalue weighted by atomic mass is 10.1. The summed E-state index contributed by atoms with van der Waals surface area (Å²) >= 11 is 1.66. The number of carbonyl (C=O) groups is 1. The van der Waals surface area contributed by atoms with Crippen LogP contribution in [0.5, 0.6) is 0 Å². The highest BCUT2D eigenvalue weighted by Gasteiger charge is 2.19. The van der Waals surface area contributed by atoms with Gasteiger partial charge in [-0.2, -0.15) is 0 Å². The van der Waals surface area contributed by atoms with Gasteiger partial charge in [-0.05, 0) is 24.8 Å². The van der Waals surface area contributed by atoms with E-state index in [2.05, 4.69) is 39.5 Å². The third-order valence-corrected chi connectivity index (χ3v) is 5.07. The zero-order valence-electron chi connectivity index (χ0n) is 13.9. The molecule has 2 amide bonds. The molecule has 6 heteroatoms. The van der Waals surface area contributed by atoms with Gasteiger partial charge in [0.25, 0.3) is 0 Å². The Labute approximate surface area is 147 Å². The number of nitrogens with one attached hydrogen (secondary N) is 1. The predicted molar refractivity (Wildman–Crippen MR) is 98.7 cm³/mol. The van der Waals surface area contributed by atoms with Gasteiger partial charge in [0.2, 0.25) is 0 Å². The topological polar surface area (TPSA) is 48.5 Å². The number of aryl methyl sites for hydroxylation is 1. The smallest absolute Gasteiger partial charge is 0.317 e. The molecule has 1 aromatic heterocycles. The Kier molecular flexibility index (Phi) is 6.07. The molecular weight excluding hydrogens is 320 g/mol. The summed E-state index contributed by atoms with van der Waals surface area (Å²) in [5.74, 6) is 0. The van der Waals surface area contributed by atoms with E-state index in [1.807, 2.05) is 22.5 Å². The molecule has 1 saturated heterocycles. The molecule has 1 aromatic carbocycles. The molecule has 1 N–H and O–H groups in total. The molecule has 0 atom stereocenters. The fourth-order valence-electron chi connectivity index (χ4n) is 2.93. The predicted octanol–water partition coefficient (Wildman–Crippen LogP) is 3.00. The van der Waals surface area contributed by atoms with Crippen molar-refractivity contribution >= 4 is 22.5 Å². The average Bonchev–Trinajstić information content (AvgIpc) is 3.04. The number of benzene rings is 1. The van der Waals surface area contributed by atoms with E-state index in [4.69, 9.17) is 0 Å². The van der Waals surface area contributed by atoms with Crippen LogP contribution in [0, 0.1) is 0 Å². The second-order valence-electron chi connectivity index (χ2n) is 5.96. The lowest BCUT2D eigenvalue weighted by Gasteiger charge is -2.22. The summed E-state index contributed by atoms with van der Waals surface area (Å²) in [6.45, 7) is 4.10. The van der Waals surface area contributed by atoms with Crippen LogP contribution in [0.3, 0.4) is 0 Å². The number of hydrogen-bond donors (Lipinski definition) is 1. The second kappa shape index (κ2) is 8.68. The van der Waals surface area contributed by atoms with Crippen LogP contribution in [0.15, 0.2) is 41.9 Å². The summed E-state index contributed by atoms with van der Waals surface area (Å²) in [5.41, 5.74) is 1.32. The van der Waals surface area contributed by atoms with Crippen molar-refractivity contribution in [3.8, 4) is 0 Å². The molecule has 128 valence electrons. The Morgan fingerprint density at radius 3 is 2.83 bits per heavy atom. The summed E-state index contributed by atoms with van der Waals surface area (Å²) in [7, 11) is 0. The van der Waals surface area contributed by atoms with Gasteiger partial charge in [0.1, 0.15) is 0 Å². The minimum Gasteiger partial charge on any atom is -0.346 e. The van der Waals surface area contributed by atoms with Crippen LogP contribution in [0.25, 0.3) is 0 Å². The van der Waals surface area contributed by atoms with Crippen molar-refractivity contribution in [3.63, 3.8) is 0 Å². The molecule has 0 unspecified atom stereocenters. The SMILES string of the molecule is O=C(NCCCc1ccccc1)N1CCCN(c2nccs2)CC1. The molecule has 1 aliphatic rings. The number of nitrogens with zero attached hydrogens (tertiary/aromatic N) is 3. The van der Waals surface area contributed by atoms with Gasteiger partial charge in [0, 0.05) is 44.3 Å². The number of urea groups is 1. The second-order valence-corrected chi connectivity index (χ2v) is 6.84. The van der Waals surface area contributed by atoms with Gasteiger partial charge in [-0.15, -0.1) is 11.3 Å². The van der Waals surface area contributed by atoms with Crippen molar-refractivity contribution in [2.24, 2.45) is 0 Å². The number of amides is 2. The zero-order valence-corrected chi connectivity index (χ0v) is 14.7. The first-order chi connectivity index (χ1) is 11.8. The fraction of sp³-hybridized carbons (Fsp3) is 0.444. The monoisotopic (exact) mass is 344 g/mol. The zero-order chi connectivity index (χ0) is 16.6. The van der Waals surface area contributed by atoms with Gasteiger partial charge in [0.05, 0.1) is 0 Å². The van der Waals surface area contributed by atoms with Gasteiger partial charge >= 0.3 is 6.03 Å². The Bertz CT molecular complexity index is 617. The van der Waals surface area contributed by atoms with Gasteiger partial charge in [-0.1, -0.05) is 30.3 Å². The van der Waals surface area contributed by atoms with Crippen LogP contribution < -0.4 is 10.2 Å². The first-order valence-corrected chi connectivity index (χ1v) is 9.42. The number of rotatable bonds is 5. The number of hydrogen-bond acceptors (Lipinski definition) is 4. The number of aromatic nitrogens is 1. The van der Waals surface area contributed by atoms with E-state index in [9.17, 15) is 4.79 Å². The highest BCUT2D eigenvalue weighted by Crippen LogP contribution is 2.18. The minimum atomic E-state index is 0.0593. The maximum atomic E-state index is 12.3. The number of thiazole rings is 1. The molecule has 0 aliphatic carbocycles. The summed E-state index contributed by atoms with van der Waals surface area (Å²) < 4.78 is 0. The van der Waals surface area contributed by atoms with Gasteiger partial charge in [0.15, 0.2) is 5.13 Å². The van der Waals surface area contributed by atoms with Crippen LogP contribution >= 0.6 is 11.3 Å². The minimum absolute atomic E-state index is 0.0593. The Hall–Kier alpha value is -2.08. The van der Waals surface area contributed by atoms with Crippen LogP contribution in [-0.2, 0) is 6.42 Å². The van der Waals surface area contributed by atoms with E-state index >= 15 is 0 Å². The Balaban J connectivity index is 1.39. The number of carbonyl (C=O) groups excluding carboxylic acids is 1. The average molecular weight is 344 g/mol. The van der Waals surface area contributed by atoms with Crippen molar-refractivity contribution in [1.82, 2.24) is 15.2 Å². The summed E-state index contributed by atoms with van der Waals surface area (Å²) in [4.78, 5) is 20.9. The van der Waals surface area contributed by atoms with Crippen LogP contribution in [0.1, 0.15) is 18.4 Å². The largest absolute Gasteiger partial charge is 0.346 e. The van der Waals surface area contributed by atoms with Crippen molar-refractivity contribution in [2.75, 3.05) is 37.6 Å². The summed E-state index contributed by atoms with van der Waals surface area (Å²) in [6.07, 6.45) is 4.78. The standard InChI is InChI=1S/C18H24N4OS/c23-17(19-9-4-8-16-6-2-1-3-7-16)21-11-5-12-22(14-13-21)18-20-10-15-24-18/h1-3,6-7,10,15H,4-5,8-9,11-14H2,(H,19,23). The molecule has 1 aliphatic heterocycles. The van der Waals surface area contributed by atoms with Crippen LogP contribution in [-0.4, -0.2) is 48.6 Å². The quantitative estimate of drug-likeness (QED) is 0.848. The van der Waals surface area contributed by atoms with Crippen LogP contribution in [0.4, 0.5) is 9.93 Å². The van der Waals surface area contributed by atoms with Gasteiger partial charge < -0.3 is 15.1 Å². The van der Waals surface area contributed by atoms with Crippen LogP contribution in [0.2, 0.25) is 0 Å². The van der Waals surface area contributed by atoms with E-state index in [1.165, 1.54) is 5.56 Å². The highest BCUT2D eigenvalue weighted by atomic mass is 32.1.